The highest BCUT2D eigenvalue weighted by Gasteiger charge is 2.40. The van der Waals surface area contributed by atoms with Crippen LogP contribution in [-0.2, 0) is 11.2 Å². The fourth-order valence-corrected chi connectivity index (χ4v) is 4.27. The number of ketones is 1. The molecule has 2 aromatic rings. The van der Waals surface area contributed by atoms with Gasteiger partial charge in [-0.2, -0.15) is 5.26 Å². The zero-order valence-corrected chi connectivity index (χ0v) is 16.3. The third-order valence-corrected chi connectivity index (χ3v) is 5.73. The average molecular weight is 387 g/mol. The highest BCUT2D eigenvalue weighted by molar-refractivity contribution is 6.01. The normalized spacial score (nSPS) is 19.3. The monoisotopic (exact) mass is 387 g/mol. The SMILES string of the molecule is CCc1ccc([C@H]2C(C#N)=C(N)N(c3ccccc3F)C3=C2C(=O)CCC3)cc1. The van der Waals surface area contributed by atoms with E-state index in [1.54, 1.807) is 23.1 Å². The second-order valence-corrected chi connectivity index (χ2v) is 7.36. The third-order valence-electron chi connectivity index (χ3n) is 5.73. The molecule has 1 heterocycles. The van der Waals surface area contributed by atoms with E-state index >= 15 is 0 Å². The Balaban J connectivity index is 1.95. The molecular formula is C24H22FN3O. The Morgan fingerprint density at radius 3 is 2.55 bits per heavy atom. The van der Waals surface area contributed by atoms with E-state index in [0.717, 1.165) is 12.0 Å². The lowest BCUT2D eigenvalue weighted by Crippen LogP contribution is -2.39. The number of halogens is 1. The highest BCUT2D eigenvalue weighted by atomic mass is 19.1. The van der Waals surface area contributed by atoms with Crippen LogP contribution in [0.4, 0.5) is 10.1 Å². The molecule has 0 spiro atoms. The molecule has 0 aromatic heterocycles. The Bertz CT molecular complexity index is 1080. The lowest BCUT2D eigenvalue weighted by atomic mass is 9.75. The third kappa shape index (κ3) is 3.11. The fraction of sp³-hybridized carbons (Fsp3) is 0.250. The molecule has 2 N–H and O–H groups in total. The first-order chi connectivity index (χ1) is 14.1. The summed E-state index contributed by atoms with van der Waals surface area (Å²) in [5.41, 5.74) is 10.3. The van der Waals surface area contributed by atoms with Gasteiger partial charge in [0.2, 0.25) is 0 Å². The molecule has 4 nitrogen and oxygen atoms in total. The summed E-state index contributed by atoms with van der Waals surface area (Å²) in [5.74, 6) is -0.770. The summed E-state index contributed by atoms with van der Waals surface area (Å²) in [5, 5.41) is 9.96. The number of hydrogen-bond acceptors (Lipinski definition) is 4. The molecule has 0 amide bonds. The summed E-state index contributed by atoms with van der Waals surface area (Å²) >= 11 is 0. The zero-order valence-electron chi connectivity index (χ0n) is 16.3. The minimum Gasteiger partial charge on any atom is -0.384 e. The van der Waals surface area contributed by atoms with Crippen molar-refractivity contribution < 1.29 is 9.18 Å². The minimum absolute atomic E-state index is 0.00240. The van der Waals surface area contributed by atoms with Crippen molar-refractivity contribution in [2.45, 2.75) is 38.5 Å². The maximum absolute atomic E-state index is 14.6. The van der Waals surface area contributed by atoms with Gasteiger partial charge in [-0.1, -0.05) is 43.3 Å². The lowest BCUT2D eigenvalue weighted by Gasteiger charge is -2.39. The molecule has 146 valence electrons. The van der Waals surface area contributed by atoms with Crippen molar-refractivity contribution in [2.24, 2.45) is 5.73 Å². The molecule has 0 saturated carbocycles. The van der Waals surface area contributed by atoms with Gasteiger partial charge >= 0.3 is 0 Å². The number of aryl methyl sites for hydroxylation is 1. The Labute approximate surface area is 169 Å². The predicted molar refractivity (Wildman–Crippen MR) is 110 cm³/mol. The summed E-state index contributed by atoms with van der Waals surface area (Å²) < 4.78 is 14.6. The molecule has 0 fully saturated rings. The molecule has 4 rings (SSSR count). The van der Waals surface area contributed by atoms with Crippen LogP contribution in [0, 0.1) is 17.1 Å². The number of Topliss-reactive ketones (excluding diaryl/α,β-unsaturated/α-hetero) is 1. The number of nitriles is 1. The number of anilines is 1. The minimum atomic E-state index is -0.517. The van der Waals surface area contributed by atoms with Crippen LogP contribution in [0.15, 0.2) is 71.2 Å². The van der Waals surface area contributed by atoms with Crippen LogP contribution in [-0.4, -0.2) is 5.78 Å². The first kappa shape index (κ1) is 18.9. The van der Waals surface area contributed by atoms with E-state index in [4.69, 9.17) is 5.73 Å². The maximum atomic E-state index is 14.6. The number of carbonyl (C=O) groups is 1. The largest absolute Gasteiger partial charge is 0.384 e. The van der Waals surface area contributed by atoms with E-state index in [1.165, 1.54) is 11.6 Å². The van der Waals surface area contributed by atoms with Crippen molar-refractivity contribution in [3.05, 3.63) is 88.1 Å². The Kier molecular flexibility index (Phi) is 4.94. The molecule has 0 saturated heterocycles. The van der Waals surface area contributed by atoms with Crippen molar-refractivity contribution in [3.63, 3.8) is 0 Å². The quantitative estimate of drug-likeness (QED) is 0.829. The summed E-state index contributed by atoms with van der Waals surface area (Å²) in [6, 6.07) is 16.4. The summed E-state index contributed by atoms with van der Waals surface area (Å²) in [6.07, 6.45) is 2.62. The van der Waals surface area contributed by atoms with Crippen LogP contribution in [0.1, 0.15) is 43.2 Å². The predicted octanol–water partition coefficient (Wildman–Crippen LogP) is 4.69. The molecule has 29 heavy (non-hydrogen) atoms. The van der Waals surface area contributed by atoms with Crippen LogP contribution in [0.3, 0.4) is 0 Å². The van der Waals surface area contributed by atoms with Gasteiger partial charge < -0.3 is 5.73 Å². The molecule has 5 heteroatoms. The van der Waals surface area contributed by atoms with Crippen LogP contribution in [0.2, 0.25) is 0 Å². The second-order valence-electron chi connectivity index (χ2n) is 7.36. The van der Waals surface area contributed by atoms with Gasteiger partial charge in [0.25, 0.3) is 0 Å². The number of hydrogen-bond donors (Lipinski definition) is 1. The molecule has 0 unspecified atom stereocenters. The molecule has 1 atom stereocenters. The number of nitrogens with two attached hydrogens (primary N) is 1. The number of benzene rings is 2. The number of para-hydroxylation sites is 1. The van der Waals surface area contributed by atoms with Gasteiger partial charge in [0.15, 0.2) is 5.78 Å². The zero-order chi connectivity index (χ0) is 20.5. The van der Waals surface area contributed by atoms with Gasteiger partial charge in [-0.3, -0.25) is 9.69 Å². The van der Waals surface area contributed by atoms with Crippen LogP contribution >= 0.6 is 0 Å². The van der Waals surface area contributed by atoms with Crippen LogP contribution in [0.5, 0.6) is 0 Å². The standard InChI is InChI=1S/C24H22FN3O/c1-2-15-10-12-16(13-11-15)22-17(14-26)24(27)28(19-7-4-3-6-18(19)25)20-8-5-9-21(29)23(20)22/h3-4,6-7,10-13,22H,2,5,8-9,27H2,1H3/t22-/m0/s1. The molecule has 1 aliphatic carbocycles. The van der Waals surface area contributed by atoms with Gasteiger partial charge in [0, 0.05) is 17.7 Å². The highest BCUT2D eigenvalue weighted by Crippen LogP contribution is 2.46. The van der Waals surface area contributed by atoms with E-state index in [-0.39, 0.29) is 22.9 Å². The fourth-order valence-electron chi connectivity index (χ4n) is 4.27. The van der Waals surface area contributed by atoms with E-state index < -0.39 is 11.7 Å². The van der Waals surface area contributed by atoms with Gasteiger partial charge in [-0.25, -0.2) is 4.39 Å². The molecule has 1 aliphatic heterocycles. The summed E-state index contributed by atoms with van der Waals surface area (Å²) in [6.45, 7) is 2.08. The van der Waals surface area contributed by atoms with Crippen molar-refractivity contribution in [2.75, 3.05) is 4.90 Å². The first-order valence-corrected chi connectivity index (χ1v) is 9.86. The van der Waals surface area contributed by atoms with Gasteiger partial charge in [-0.15, -0.1) is 0 Å². The Morgan fingerprint density at radius 2 is 1.90 bits per heavy atom. The maximum Gasteiger partial charge on any atom is 0.161 e. The lowest BCUT2D eigenvalue weighted by molar-refractivity contribution is -0.116. The number of carbonyl (C=O) groups excluding carboxylic acids is 1. The van der Waals surface area contributed by atoms with Crippen molar-refractivity contribution in [3.8, 4) is 6.07 Å². The molecule has 2 aliphatic rings. The number of allylic oxidation sites excluding steroid dienone is 3. The molecule has 0 bridgehead atoms. The molecular weight excluding hydrogens is 365 g/mol. The van der Waals surface area contributed by atoms with E-state index in [9.17, 15) is 14.4 Å². The van der Waals surface area contributed by atoms with E-state index in [2.05, 4.69) is 13.0 Å². The number of nitrogens with zero attached hydrogens (tertiary/aromatic N) is 2. The van der Waals surface area contributed by atoms with E-state index in [0.29, 0.717) is 30.5 Å². The molecule has 0 radical (unpaired) electrons. The summed E-state index contributed by atoms with van der Waals surface area (Å²) in [4.78, 5) is 14.6. The van der Waals surface area contributed by atoms with Gasteiger partial charge in [0.05, 0.1) is 23.2 Å². The van der Waals surface area contributed by atoms with Crippen molar-refractivity contribution >= 4 is 11.5 Å². The second kappa shape index (κ2) is 7.56. The Hall–Kier alpha value is -3.39. The number of rotatable bonds is 3. The molecule has 2 aromatic carbocycles. The summed E-state index contributed by atoms with van der Waals surface area (Å²) in [7, 11) is 0. The van der Waals surface area contributed by atoms with Crippen LogP contribution < -0.4 is 10.6 Å². The average Bonchev–Trinajstić information content (AvgIpc) is 2.74. The van der Waals surface area contributed by atoms with Gasteiger partial charge in [-0.05, 0) is 42.5 Å². The van der Waals surface area contributed by atoms with Crippen molar-refractivity contribution in [1.29, 1.82) is 5.26 Å². The topological polar surface area (TPSA) is 70.1 Å². The van der Waals surface area contributed by atoms with Crippen molar-refractivity contribution in [1.82, 2.24) is 0 Å². The first-order valence-electron chi connectivity index (χ1n) is 9.86. The van der Waals surface area contributed by atoms with Crippen LogP contribution in [0.25, 0.3) is 0 Å². The van der Waals surface area contributed by atoms with Gasteiger partial charge in [0.1, 0.15) is 11.6 Å². The smallest absolute Gasteiger partial charge is 0.161 e. The van der Waals surface area contributed by atoms with E-state index in [1.807, 2.05) is 24.3 Å². The Morgan fingerprint density at radius 1 is 1.17 bits per heavy atom.